The van der Waals surface area contributed by atoms with E-state index in [4.69, 9.17) is 0 Å². The first-order valence-corrected chi connectivity index (χ1v) is 7.16. The number of anilines is 1. The van der Waals surface area contributed by atoms with Crippen LogP contribution in [0, 0.1) is 0 Å². The minimum absolute atomic E-state index is 0.0551. The lowest BCUT2D eigenvalue weighted by molar-refractivity contribution is -0.120. The predicted octanol–water partition coefficient (Wildman–Crippen LogP) is 3.53. The van der Waals surface area contributed by atoms with Crippen LogP contribution in [0.5, 0.6) is 0 Å². The zero-order chi connectivity index (χ0) is 14.3. The average molecular weight is 262 g/mol. The van der Waals surface area contributed by atoms with Crippen LogP contribution in [0.4, 0.5) is 5.69 Å². The van der Waals surface area contributed by atoms with Crippen LogP contribution >= 0.6 is 0 Å². The molecule has 1 unspecified atom stereocenters. The Morgan fingerprint density at radius 3 is 2.53 bits per heavy atom. The van der Waals surface area contributed by atoms with Crippen molar-refractivity contribution in [2.45, 2.75) is 52.5 Å². The number of carbonyl (C=O) groups excluding carboxylic acids is 1. The summed E-state index contributed by atoms with van der Waals surface area (Å²) in [5.41, 5.74) is 2.30. The summed E-state index contributed by atoms with van der Waals surface area (Å²) in [6.45, 7) is 8.81. The fraction of sp³-hybridized carbons (Fsp3) is 0.562. The molecular weight excluding hydrogens is 236 g/mol. The van der Waals surface area contributed by atoms with E-state index in [9.17, 15) is 4.79 Å². The van der Waals surface area contributed by atoms with Gasteiger partial charge in [-0.3, -0.25) is 4.79 Å². The highest BCUT2D eigenvalue weighted by molar-refractivity contribution is 5.81. The van der Waals surface area contributed by atoms with Crippen molar-refractivity contribution in [3.8, 4) is 0 Å². The average Bonchev–Trinajstić information content (AvgIpc) is 2.36. The molecule has 19 heavy (non-hydrogen) atoms. The first kappa shape index (κ1) is 15.5. The lowest BCUT2D eigenvalue weighted by Gasteiger charge is -2.16. The number of hydrogen-bond acceptors (Lipinski definition) is 2. The van der Waals surface area contributed by atoms with Crippen LogP contribution < -0.4 is 10.6 Å². The Labute approximate surface area is 116 Å². The van der Waals surface area contributed by atoms with Gasteiger partial charge in [-0.1, -0.05) is 45.4 Å². The number of para-hydroxylation sites is 1. The first-order chi connectivity index (χ1) is 9.04. The molecule has 3 heteroatoms. The SMILES string of the molecule is CCCC(C)NC(=O)CNc1ccccc1C(C)C. The maximum atomic E-state index is 11.8. The summed E-state index contributed by atoms with van der Waals surface area (Å²) < 4.78 is 0. The van der Waals surface area contributed by atoms with E-state index in [0.717, 1.165) is 18.5 Å². The predicted molar refractivity (Wildman–Crippen MR) is 81.5 cm³/mol. The van der Waals surface area contributed by atoms with E-state index in [1.165, 1.54) is 5.56 Å². The van der Waals surface area contributed by atoms with E-state index < -0.39 is 0 Å². The molecule has 2 N–H and O–H groups in total. The molecule has 1 aromatic carbocycles. The van der Waals surface area contributed by atoms with E-state index in [-0.39, 0.29) is 11.9 Å². The van der Waals surface area contributed by atoms with Crippen LogP contribution in [0.1, 0.15) is 52.0 Å². The van der Waals surface area contributed by atoms with Crippen molar-refractivity contribution in [3.63, 3.8) is 0 Å². The largest absolute Gasteiger partial charge is 0.376 e. The van der Waals surface area contributed by atoms with E-state index in [1.54, 1.807) is 0 Å². The zero-order valence-corrected chi connectivity index (χ0v) is 12.5. The molecule has 1 aromatic rings. The third kappa shape index (κ3) is 5.33. The molecule has 3 nitrogen and oxygen atoms in total. The summed E-state index contributed by atoms with van der Waals surface area (Å²) in [4.78, 5) is 11.8. The molecule has 1 atom stereocenters. The second kappa shape index (κ2) is 7.82. The number of amides is 1. The molecular formula is C16H26N2O. The summed E-state index contributed by atoms with van der Waals surface area (Å²) in [6, 6.07) is 8.40. The molecule has 0 spiro atoms. The summed E-state index contributed by atoms with van der Waals surface area (Å²) in [7, 11) is 0. The van der Waals surface area contributed by atoms with Gasteiger partial charge in [-0.05, 0) is 30.9 Å². The van der Waals surface area contributed by atoms with E-state index >= 15 is 0 Å². The lowest BCUT2D eigenvalue weighted by atomic mass is 10.0. The standard InChI is InChI=1S/C16H26N2O/c1-5-8-13(4)18-16(19)11-17-15-10-7-6-9-14(15)12(2)3/h6-7,9-10,12-13,17H,5,8,11H2,1-4H3,(H,18,19). The molecule has 0 fully saturated rings. The molecule has 1 rings (SSSR count). The van der Waals surface area contributed by atoms with Crippen molar-refractivity contribution in [2.24, 2.45) is 0 Å². The van der Waals surface area contributed by atoms with Gasteiger partial charge < -0.3 is 10.6 Å². The normalized spacial score (nSPS) is 12.3. The van der Waals surface area contributed by atoms with Crippen LogP contribution in [0.25, 0.3) is 0 Å². The molecule has 1 amide bonds. The maximum absolute atomic E-state index is 11.8. The Hall–Kier alpha value is -1.51. The minimum atomic E-state index is 0.0551. The smallest absolute Gasteiger partial charge is 0.239 e. The topological polar surface area (TPSA) is 41.1 Å². The monoisotopic (exact) mass is 262 g/mol. The van der Waals surface area contributed by atoms with Gasteiger partial charge in [-0.2, -0.15) is 0 Å². The summed E-state index contributed by atoms with van der Waals surface area (Å²) >= 11 is 0. The second-order valence-electron chi connectivity index (χ2n) is 5.35. The highest BCUT2D eigenvalue weighted by atomic mass is 16.1. The fourth-order valence-corrected chi connectivity index (χ4v) is 2.17. The molecule has 0 bridgehead atoms. The second-order valence-corrected chi connectivity index (χ2v) is 5.35. The molecule has 0 aliphatic rings. The Kier molecular flexibility index (Phi) is 6.40. The van der Waals surface area contributed by atoms with Crippen molar-refractivity contribution in [3.05, 3.63) is 29.8 Å². The van der Waals surface area contributed by atoms with Gasteiger partial charge in [0.15, 0.2) is 0 Å². The number of hydrogen-bond donors (Lipinski definition) is 2. The maximum Gasteiger partial charge on any atom is 0.239 e. The zero-order valence-electron chi connectivity index (χ0n) is 12.5. The quantitative estimate of drug-likeness (QED) is 0.789. The van der Waals surface area contributed by atoms with Crippen molar-refractivity contribution < 1.29 is 4.79 Å². The molecule has 0 aliphatic carbocycles. The Morgan fingerprint density at radius 1 is 1.21 bits per heavy atom. The first-order valence-electron chi connectivity index (χ1n) is 7.16. The van der Waals surface area contributed by atoms with Gasteiger partial charge in [-0.15, -0.1) is 0 Å². The van der Waals surface area contributed by atoms with Gasteiger partial charge in [-0.25, -0.2) is 0 Å². The van der Waals surface area contributed by atoms with Crippen LogP contribution in [0.2, 0.25) is 0 Å². The molecule has 0 radical (unpaired) electrons. The van der Waals surface area contributed by atoms with E-state index in [2.05, 4.69) is 37.5 Å². The molecule has 0 heterocycles. The molecule has 0 aromatic heterocycles. The number of rotatable bonds is 7. The van der Waals surface area contributed by atoms with E-state index in [0.29, 0.717) is 12.5 Å². The van der Waals surface area contributed by atoms with Crippen LogP contribution in [0.15, 0.2) is 24.3 Å². The number of nitrogens with one attached hydrogen (secondary N) is 2. The van der Waals surface area contributed by atoms with Crippen LogP contribution in [-0.4, -0.2) is 18.5 Å². The highest BCUT2D eigenvalue weighted by Gasteiger charge is 2.09. The Morgan fingerprint density at radius 2 is 1.89 bits per heavy atom. The molecule has 106 valence electrons. The summed E-state index contributed by atoms with van der Waals surface area (Å²) in [6.07, 6.45) is 2.11. The Bertz CT molecular complexity index is 401. The van der Waals surface area contributed by atoms with Gasteiger partial charge in [0.05, 0.1) is 6.54 Å². The summed E-state index contributed by atoms with van der Waals surface area (Å²) in [5.74, 6) is 0.505. The van der Waals surface area contributed by atoms with Crippen LogP contribution in [0.3, 0.4) is 0 Å². The lowest BCUT2D eigenvalue weighted by Crippen LogP contribution is -2.36. The Balaban J connectivity index is 2.50. The number of benzene rings is 1. The molecule has 0 aliphatic heterocycles. The van der Waals surface area contributed by atoms with Gasteiger partial charge in [0.25, 0.3) is 0 Å². The van der Waals surface area contributed by atoms with Crippen molar-refractivity contribution in [2.75, 3.05) is 11.9 Å². The van der Waals surface area contributed by atoms with Gasteiger partial charge in [0, 0.05) is 11.7 Å². The van der Waals surface area contributed by atoms with Crippen molar-refractivity contribution >= 4 is 11.6 Å². The van der Waals surface area contributed by atoms with Gasteiger partial charge >= 0.3 is 0 Å². The number of carbonyl (C=O) groups is 1. The van der Waals surface area contributed by atoms with Gasteiger partial charge in [0.1, 0.15) is 0 Å². The summed E-state index contributed by atoms with van der Waals surface area (Å²) in [5, 5.41) is 6.23. The third-order valence-electron chi connectivity index (χ3n) is 3.15. The fourth-order valence-electron chi connectivity index (χ4n) is 2.17. The highest BCUT2D eigenvalue weighted by Crippen LogP contribution is 2.23. The van der Waals surface area contributed by atoms with Gasteiger partial charge in [0.2, 0.25) is 5.91 Å². The molecule has 0 saturated heterocycles. The van der Waals surface area contributed by atoms with Crippen molar-refractivity contribution in [1.82, 2.24) is 5.32 Å². The minimum Gasteiger partial charge on any atom is -0.376 e. The van der Waals surface area contributed by atoms with Crippen molar-refractivity contribution in [1.29, 1.82) is 0 Å². The van der Waals surface area contributed by atoms with E-state index in [1.807, 2.05) is 25.1 Å². The third-order valence-corrected chi connectivity index (χ3v) is 3.15. The molecule has 0 saturated carbocycles. The van der Waals surface area contributed by atoms with Crippen LogP contribution in [-0.2, 0) is 4.79 Å².